The van der Waals surface area contributed by atoms with Crippen molar-refractivity contribution < 1.29 is 24.2 Å². The highest BCUT2D eigenvalue weighted by molar-refractivity contribution is 5.93. The van der Waals surface area contributed by atoms with Gasteiger partial charge in [0.05, 0.1) is 0 Å². The average molecular weight is 546 g/mol. The number of amides is 3. The zero-order valence-electron chi connectivity index (χ0n) is 25.5. The number of benzene rings is 1. The lowest BCUT2D eigenvalue weighted by atomic mass is 9.89. The Balaban J connectivity index is 2.60. The van der Waals surface area contributed by atoms with Gasteiger partial charge in [-0.05, 0) is 96.4 Å². The number of hydrogen-bond acceptors (Lipinski definition) is 5. The molecular formula is C31H51N3O5. The molecule has 39 heavy (non-hydrogen) atoms. The Bertz CT molecular complexity index is 992. The molecule has 8 nitrogen and oxygen atoms in total. The van der Waals surface area contributed by atoms with Crippen LogP contribution in [0.4, 0.5) is 4.79 Å². The van der Waals surface area contributed by atoms with E-state index in [0.717, 1.165) is 32.1 Å². The first-order chi connectivity index (χ1) is 18.1. The minimum absolute atomic E-state index is 0.0556. The number of carbonyl (C=O) groups excluding carboxylic acids is 3. The van der Waals surface area contributed by atoms with Gasteiger partial charge in [0.15, 0.2) is 0 Å². The third-order valence-corrected chi connectivity index (χ3v) is 7.45. The van der Waals surface area contributed by atoms with Gasteiger partial charge in [0.25, 0.3) is 0 Å². The topological polar surface area (TPSA) is 108 Å². The maximum absolute atomic E-state index is 14.5. The zero-order valence-corrected chi connectivity index (χ0v) is 25.5. The molecule has 0 aromatic heterocycles. The number of aryl methyl sites for hydroxylation is 1. The van der Waals surface area contributed by atoms with E-state index in [4.69, 9.17) is 4.74 Å². The minimum Gasteiger partial charge on any atom is -0.508 e. The molecule has 1 aliphatic rings. The van der Waals surface area contributed by atoms with E-state index < -0.39 is 29.3 Å². The summed E-state index contributed by atoms with van der Waals surface area (Å²) in [6.07, 6.45) is 5.42. The van der Waals surface area contributed by atoms with Crippen LogP contribution >= 0.6 is 0 Å². The van der Waals surface area contributed by atoms with Crippen LogP contribution in [0.3, 0.4) is 0 Å². The molecule has 8 heteroatoms. The van der Waals surface area contributed by atoms with Crippen molar-refractivity contribution in [3.63, 3.8) is 0 Å². The Morgan fingerprint density at radius 3 is 2.21 bits per heavy atom. The van der Waals surface area contributed by atoms with E-state index in [1.54, 1.807) is 50.8 Å². The maximum atomic E-state index is 14.5. The summed E-state index contributed by atoms with van der Waals surface area (Å²) >= 11 is 0. The van der Waals surface area contributed by atoms with E-state index in [-0.39, 0.29) is 29.5 Å². The first kappa shape index (κ1) is 32.4. The summed E-state index contributed by atoms with van der Waals surface area (Å²) in [5, 5.41) is 16.2. The van der Waals surface area contributed by atoms with Crippen molar-refractivity contribution in [2.45, 2.75) is 137 Å². The van der Waals surface area contributed by atoms with E-state index in [1.165, 1.54) is 0 Å². The van der Waals surface area contributed by atoms with Crippen LogP contribution < -0.4 is 10.6 Å². The number of alkyl carbamates (subject to hydrolysis) is 1. The molecule has 1 aromatic carbocycles. The predicted molar refractivity (Wildman–Crippen MR) is 154 cm³/mol. The Morgan fingerprint density at radius 1 is 1.08 bits per heavy atom. The van der Waals surface area contributed by atoms with Crippen LogP contribution in [0.2, 0.25) is 0 Å². The van der Waals surface area contributed by atoms with Crippen LogP contribution in [0.5, 0.6) is 5.75 Å². The predicted octanol–water partition coefficient (Wildman–Crippen LogP) is 6.15. The number of phenols is 1. The summed E-state index contributed by atoms with van der Waals surface area (Å²) in [6.45, 7) is 16.9. The molecule has 2 unspecified atom stereocenters. The molecule has 0 bridgehead atoms. The van der Waals surface area contributed by atoms with Crippen molar-refractivity contribution in [1.29, 1.82) is 0 Å². The highest BCUT2D eigenvalue weighted by atomic mass is 16.6. The molecule has 0 aliphatic heterocycles. The molecule has 2 rings (SSSR count). The maximum Gasteiger partial charge on any atom is 0.408 e. The smallest absolute Gasteiger partial charge is 0.408 e. The quantitative estimate of drug-likeness (QED) is 0.327. The van der Waals surface area contributed by atoms with Crippen LogP contribution in [0, 0.1) is 12.8 Å². The monoisotopic (exact) mass is 545 g/mol. The fraction of sp³-hybridized carbons (Fsp3) is 0.710. The number of rotatable bonds is 10. The number of ether oxygens (including phenoxy) is 1. The fourth-order valence-corrected chi connectivity index (χ4v) is 5.05. The number of aromatic hydroxyl groups is 1. The van der Waals surface area contributed by atoms with Gasteiger partial charge >= 0.3 is 6.09 Å². The number of carbonyl (C=O) groups is 3. The molecule has 2 atom stereocenters. The van der Waals surface area contributed by atoms with E-state index in [0.29, 0.717) is 24.0 Å². The molecule has 1 saturated carbocycles. The van der Waals surface area contributed by atoms with Crippen molar-refractivity contribution in [3.8, 4) is 5.75 Å². The minimum atomic E-state index is -0.941. The van der Waals surface area contributed by atoms with Gasteiger partial charge in [-0.25, -0.2) is 4.79 Å². The lowest BCUT2D eigenvalue weighted by Gasteiger charge is -2.45. The molecule has 1 aliphatic carbocycles. The van der Waals surface area contributed by atoms with Crippen LogP contribution in [0.1, 0.15) is 118 Å². The Kier molecular flexibility index (Phi) is 11.3. The summed E-state index contributed by atoms with van der Waals surface area (Å²) < 4.78 is 5.49. The normalized spacial score (nSPS) is 16.4. The molecule has 1 fully saturated rings. The zero-order chi connectivity index (χ0) is 29.5. The van der Waals surface area contributed by atoms with Crippen LogP contribution in [-0.4, -0.2) is 51.1 Å². The second kappa shape index (κ2) is 13.5. The summed E-state index contributed by atoms with van der Waals surface area (Å²) in [5.74, 6) is -0.355. The lowest BCUT2D eigenvalue weighted by molar-refractivity contribution is -0.150. The Hall–Kier alpha value is -2.77. The molecule has 3 N–H and O–H groups in total. The van der Waals surface area contributed by atoms with Crippen molar-refractivity contribution in [3.05, 3.63) is 29.3 Å². The molecule has 1 aromatic rings. The van der Waals surface area contributed by atoms with Crippen molar-refractivity contribution in [2.75, 3.05) is 0 Å². The van der Waals surface area contributed by atoms with E-state index in [2.05, 4.69) is 10.6 Å². The number of nitrogens with one attached hydrogen (secondary N) is 2. The summed E-state index contributed by atoms with van der Waals surface area (Å²) in [4.78, 5) is 43.0. The molecule has 0 spiro atoms. The lowest BCUT2D eigenvalue weighted by Crippen LogP contribution is -2.60. The average Bonchev–Trinajstić information content (AvgIpc) is 2.82. The number of hydrogen-bond donors (Lipinski definition) is 3. The second-order valence-corrected chi connectivity index (χ2v) is 13.0. The highest BCUT2D eigenvalue weighted by Gasteiger charge is 2.43. The number of phenolic OH excluding ortho intramolecular Hbond substituents is 1. The van der Waals surface area contributed by atoms with Crippen molar-refractivity contribution >= 4 is 17.9 Å². The van der Waals surface area contributed by atoms with Gasteiger partial charge in [0.1, 0.15) is 23.4 Å². The van der Waals surface area contributed by atoms with E-state index in [1.807, 2.05) is 34.6 Å². The van der Waals surface area contributed by atoms with E-state index in [9.17, 15) is 19.5 Å². The van der Waals surface area contributed by atoms with E-state index >= 15 is 0 Å². The number of nitrogens with zero attached hydrogens (tertiary/aromatic N) is 1. The molecule has 0 heterocycles. The first-order valence-corrected chi connectivity index (χ1v) is 14.5. The van der Waals surface area contributed by atoms with Gasteiger partial charge in [-0.15, -0.1) is 0 Å². The van der Waals surface area contributed by atoms with Gasteiger partial charge in [0, 0.05) is 11.6 Å². The third kappa shape index (κ3) is 9.43. The second-order valence-electron chi connectivity index (χ2n) is 13.0. The van der Waals surface area contributed by atoms with Gasteiger partial charge < -0.3 is 25.4 Å². The van der Waals surface area contributed by atoms with Gasteiger partial charge in [-0.1, -0.05) is 46.1 Å². The van der Waals surface area contributed by atoms with Crippen molar-refractivity contribution in [1.82, 2.24) is 15.5 Å². The molecule has 220 valence electrons. The van der Waals surface area contributed by atoms with Crippen LogP contribution in [-0.2, 0) is 14.3 Å². The standard InChI is InChI=1S/C31H51N3O5/c1-10-31(8,9)34(28(37)24(18-20(2)3)33-29(38)39-30(5,6)7)26(22-16-17-25(35)21(4)19-22)27(36)32-23-14-12-11-13-15-23/h16-17,19-20,23-24,26,35H,10-15,18H2,1-9H3,(H,32,36)(H,33,38). The van der Waals surface area contributed by atoms with Gasteiger partial charge in [-0.2, -0.15) is 0 Å². The largest absolute Gasteiger partial charge is 0.508 e. The summed E-state index contributed by atoms with van der Waals surface area (Å²) in [7, 11) is 0. The summed E-state index contributed by atoms with van der Waals surface area (Å²) in [6, 6.07) is 3.28. The third-order valence-electron chi connectivity index (χ3n) is 7.45. The van der Waals surface area contributed by atoms with Crippen LogP contribution in [0.15, 0.2) is 18.2 Å². The van der Waals surface area contributed by atoms with Gasteiger partial charge in [-0.3, -0.25) is 9.59 Å². The fourth-order valence-electron chi connectivity index (χ4n) is 5.05. The Morgan fingerprint density at radius 2 is 1.69 bits per heavy atom. The molecule has 3 amide bonds. The van der Waals surface area contributed by atoms with Crippen LogP contribution in [0.25, 0.3) is 0 Å². The first-order valence-electron chi connectivity index (χ1n) is 14.5. The summed E-state index contributed by atoms with van der Waals surface area (Å²) in [5.41, 5.74) is -0.198. The molecule has 0 radical (unpaired) electrons. The SMILES string of the molecule is CCC(C)(C)N(C(=O)C(CC(C)C)NC(=O)OC(C)(C)C)C(C(=O)NC1CCCCC1)c1ccc(O)c(C)c1. The molecule has 0 saturated heterocycles. The molecular weight excluding hydrogens is 494 g/mol. The highest BCUT2D eigenvalue weighted by Crippen LogP contribution is 2.35. The van der Waals surface area contributed by atoms with Crippen molar-refractivity contribution in [2.24, 2.45) is 5.92 Å². The Labute approximate surface area is 235 Å². The van der Waals surface area contributed by atoms with Gasteiger partial charge in [0.2, 0.25) is 11.8 Å².